The molecule has 2 unspecified atom stereocenters. The van der Waals surface area contributed by atoms with Crippen LogP contribution in [0.5, 0.6) is 5.75 Å². The van der Waals surface area contributed by atoms with Gasteiger partial charge in [-0.3, -0.25) is 0 Å². The molecular weight excluding hydrogens is 448 g/mol. The van der Waals surface area contributed by atoms with Crippen LogP contribution >= 0.6 is 0 Å². The molecule has 2 aliphatic rings. The van der Waals surface area contributed by atoms with Gasteiger partial charge in [0.1, 0.15) is 11.9 Å². The van der Waals surface area contributed by atoms with Crippen molar-refractivity contribution in [3.8, 4) is 28.0 Å². The summed E-state index contributed by atoms with van der Waals surface area (Å²) in [5.74, 6) is 1.31. The number of allylic oxidation sites excluding steroid dienone is 2. The summed E-state index contributed by atoms with van der Waals surface area (Å²) in [6.45, 7) is 0. The van der Waals surface area contributed by atoms with Crippen molar-refractivity contribution in [2.45, 2.75) is 12.0 Å². The highest BCUT2D eigenvalue weighted by Crippen LogP contribution is 2.44. The lowest BCUT2D eigenvalue weighted by Gasteiger charge is -2.14. The summed E-state index contributed by atoms with van der Waals surface area (Å²) in [7, 11) is 0. The SMILES string of the molecule is C1=CC2Oc3cc(-c4ccccc4-c4ccc5c6ccccc6c6ccccc6c5c4)ccc3C2C=C1. The van der Waals surface area contributed by atoms with Gasteiger partial charge in [0.05, 0.1) is 0 Å². The van der Waals surface area contributed by atoms with Crippen LogP contribution in [0.15, 0.2) is 133 Å². The van der Waals surface area contributed by atoms with Gasteiger partial charge >= 0.3 is 0 Å². The molecule has 37 heavy (non-hydrogen) atoms. The molecule has 1 heteroatoms. The third-order valence-electron chi connectivity index (χ3n) is 8.01. The maximum Gasteiger partial charge on any atom is 0.128 e. The third kappa shape index (κ3) is 3.11. The molecule has 0 radical (unpaired) electrons. The zero-order chi connectivity index (χ0) is 24.3. The van der Waals surface area contributed by atoms with E-state index >= 15 is 0 Å². The summed E-state index contributed by atoms with van der Waals surface area (Å²) in [6, 6.07) is 39.9. The van der Waals surface area contributed by atoms with E-state index in [9.17, 15) is 0 Å². The van der Waals surface area contributed by atoms with Crippen LogP contribution in [0.4, 0.5) is 0 Å². The van der Waals surface area contributed by atoms with Gasteiger partial charge in [0.25, 0.3) is 0 Å². The minimum atomic E-state index is 0.106. The Kier molecular flexibility index (Phi) is 4.41. The van der Waals surface area contributed by atoms with Crippen molar-refractivity contribution in [2.75, 3.05) is 0 Å². The molecule has 0 saturated heterocycles. The van der Waals surface area contributed by atoms with Crippen LogP contribution in [0, 0.1) is 0 Å². The molecule has 2 atom stereocenters. The second-order valence-electron chi connectivity index (χ2n) is 10.0. The van der Waals surface area contributed by atoms with Crippen molar-refractivity contribution in [3.63, 3.8) is 0 Å². The molecule has 174 valence electrons. The number of ether oxygens (including phenoxy) is 1. The van der Waals surface area contributed by atoms with E-state index in [1.165, 1.54) is 60.1 Å². The Balaban J connectivity index is 1.31. The molecule has 1 aliphatic carbocycles. The predicted molar refractivity (Wildman–Crippen MR) is 155 cm³/mol. The first-order valence-electron chi connectivity index (χ1n) is 12.9. The van der Waals surface area contributed by atoms with E-state index in [1.54, 1.807) is 0 Å². The van der Waals surface area contributed by atoms with Crippen LogP contribution < -0.4 is 4.74 Å². The van der Waals surface area contributed by atoms with E-state index in [0.717, 1.165) is 5.75 Å². The third-order valence-corrected chi connectivity index (χ3v) is 8.01. The van der Waals surface area contributed by atoms with Crippen LogP contribution in [0.3, 0.4) is 0 Å². The molecule has 6 aromatic carbocycles. The van der Waals surface area contributed by atoms with E-state index in [-0.39, 0.29) is 6.10 Å². The van der Waals surface area contributed by atoms with E-state index in [1.807, 2.05) is 0 Å². The minimum absolute atomic E-state index is 0.106. The minimum Gasteiger partial charge on any atom is -0.485 e. The van der Waals surface area contributed by atoms with Crippen molar-refractivity contribution in [3.05, 3.63) is 139 Å². The van der Waals surface area contributed by atoms with Gasteiger partial charge in [0, 0.05) is 11.5 Å². The van der Waals surface area contributed by atoms with Gasteiger partial charge in [-0.05, 0) is 72.8 Å². The molecule has 0 N–H and O–H groups in total. The zero-order valence-electron chi connectivity index (χ0n) is 20.3. The van der Waals surface area contributed by atoms with Gasteiger partial charge in [0.2, 0.25) is 0 Å². The molecule has 0 spiro atoms. The van der Waals surface area contributed by atoms with Gasteiger partial charge in [-0.2, -0.15) is 0 Å². The first-order chi connectivity index (χ1) is 18.3. The fourth-order valence-electron chi connectivity index (χ4n) is 6.27. The second kappa shape index (κ2) is 7.94. The monoisotopic (exact) mass is 472 g/mol. The van der Waals surface area contributed by atoms with E-state index in [4.69, 9.17) is 4.74 Å². The first kappa shape index (κ1) is 20.6. The van der Waals surface area contributed by atoms with Crippen LogP contribution in [-0.4, -0.2) is 6.10 Å². The number of hydrogen-bond donors (Lipinski definition) is 0. The molecule has 0 saturated carbocycles. The summed E-state index contributed by atoms with van der Waals surface area (Å²) in [5, 5.41) is 7.80. The number of rotatable bonds is 2. The second-order valence-corrected chi connectivity index (χ2v) is 10.0. The van der Waals surface area contributed by atoms with Crippen molar-refractivity contribution < 1.29 is 4.74 Å². The van der Waals surface area contributed by atoms with Gasteiger partial charge < -0.3 is 4.74 Å². The van der Waals surface area contributed by atoms with Crippen LogP contribution in [0.2, 0.25) is 0 Å². The van der Waals surface area contributed by atoms with E-state index in [0.29, 0.717) is 5.92 Å². The van der Waals surface area contributed by atoms with Crippen molar-refractivity contribution >= 4 is 32.3 Å². The lowest BCUT2D eigenvalue weighted by molar-refractivity contribution is 0.269. The smallest absolute Gasteiger partial charge is 0.128 e. The number of fused-ring (bicyclic) bond motifs is 9. The van der Waals surface area contributed by atoms with Crippen LogP contribution in [0.25, 0.3) is 54.6 Å². The molecule has 1 heterocycles. The normalized spacial score (nSPS) is 17.7. The van der Waals surface area contributed by atoms with Gasteiger partial charge in [-0.15, -0.1) is 0 Å². The molecule has 0 aromatic heterocycles. The quantitative estimate of drug-likeness (QED) is 0.228. The Labute approximate surface area is 216 Å². The highest BCUT2D eigenvalue weighted by Gasteiger charge is 2.32. The van der Waals surface area contributed by atoms with Gasteiger partial charge in [-0.25, -0.2) is 0 Å². The van der Waals surface area contributed by atoms with Gasteiger partial charge in [-0.1, -0.05) is 115 Å². The maximum atomic E-state index is 6.33. The molecule has 0 fully saturated rings. The van der Waals surface area contributed by atoms with Crippen molar-refractivity contribution in [1.82, 2.24) is 0 Å². The molecule has 1 aliphatic heterocycles. The number of hydrogen-bond acceptors (Lipinski definition) is 1. The van der Waals surface area contributed by atoms with E-state index < -0.39 is 0 Å². The molecule has 8 rings (SSSR count). The van der Waals surface area contributed by atoms with Crippen molar-refractivity contribution in [2.24, 2.45) is 0 Å². The highest BCUT2D eigenvalue weighted by atomic mass is 16.5. The van der Waals surface area contributed by atoms with Crippen molar-refractivity contribution in [1.29, 1.82) is 0 Å². The molecule has 0 bridgehead atoms. The lowest BCUT2D eigenvalue weighted by Crippen LogP contribution is -2.15. The average molecular weight is 473 g/mol. The summed E-state index contributed by atoms with van der Waals surface area (Å²) in [5.41, 5.74) is 6.14. The van der Waals surface area contributed by atoms with Crippen LogP contribution in [-0.2, 0) is 0 Å². The fourth-order valence-corrected chi connectivity index (χ4v) is 6.27. The van der Waals surface area contributed by atoms with Gasteiger partial charge in [0.15, 0.2) is 0 Å². The average Bonchev–Trinajstić information content (AvgIpc) is 3.35. The fraction of sp³-hybridized carbons (Fsp3) is 0.0556. The summed E-state index contributed by atoms with van der Waals surface area (Å²) < 4.78 is 6.33. The Morgan fingerprint density at radius 1 is 0.459 bits per heavy atom. The van der Waals surface area contributed by atoms with E-state index in [2.05, 4.69) is 133 Å². The molecule has 1 nitrogen and oxygen atoms in total. The Morgan fingerprint density at radius 3 is 1.70 bits per heavy atom. The molecular formula is C36H24O. The summed E-state index contributed by atoms with van der Waals surface area (Å²) >= 11 is 0. The zero-order valence-corrected chi connectivity index (χ0v) is 20.3. The summed E-state index contributed by atoms with van der Waals surface area (Å²) in [4.78, 5) is 0. The molecule has 6 aromatic rings. The Bertz CT molecular complexity index is 1890. The predicted octanol–water partition coefficient (Wildman–Crippen LogP) is 9.45. The Hall–Kier alpha value is -4.62. The summed E-state index contributed by atoms with van der Waals surface area (Å²) in [6.07, 6.45) is 8.70. The lowest BCUT2D eigenvalue weighted by atomic mass is 9.88. The maximum absolute atomic E-state index is 6.33. The topological polar surface area (TPSA) is 9.23 Å². The first-order valence-corrected chi connectivity index (χ1v) is 12.9. The largest absolute Gasteiger partial charge is 0.485 e. The highest BCUT2D eigenvalue weighted by molar-refractivity contribution is 6.25. The van der Waals surface area contributed by atoms with Crippen LogP contribution in [0.1, 0.15) is 11.5 Å². The standard InChI is InChI=1S/C36H24O/c1-2-10-26(24-18-20-33-32-15-7-8-16-35(32)37-36(33)22-24)25(9-1)23-17-19-31-29-13-4-3-11-27(29)28-12-5-6-14-30(28)34(31)21-23/h1-22,32,35H. The number of benzene rings is 6. The molecule has 0 amide bonds. The Morgan fingerprint density at radius 2 is 1.00 bits per heavy atom.